The molecule has 0 radical (unpaired) electrons. The highest BCUT2D eigenvalue weighted by atomic mass is 19.4. The average molecular weight is 300 g/mol. The van der Waals surface area contributed by atoms with Crippen LogP contribution in [-0.2, 0) is 0 Å². The number of alkyl halides is 3. The lowest BCUT2D eigenvalue weighted by molar-refractivity contribution is -0.385. The summed E-state index contributed by atoms with van der Waals surface area (Å²) in [5.74, 6) is -0.874. The smallest absolute Gasteiger partial charge is 0.432 e. The van der Waals surface area contributed by atoms with Crippen LogP contribution >= 0.6 is 0 Å². The lowest BCUT2D eigenvalue weighted by Gasteiger charge is -2.10. The second-order valence-electron chi connectivity index (χ2n) is 3.70. The topological polar surface area (TPSA) is 74.5 Å². The van der Waals surface area contributed by atoms with Gasteiger partial charge < -0.3 is 9.47 Å². The minimum atomic E-state index is -4.93. The maximum Gasteiger partial charge on any atom is 0.573 e. The van der Waals surface area contributed by atoms with Crippen molar-refractivity contribution in [2.75, 3.05) is 0 Å². The molecule has 1 heterocycles. The van der Waals surface area contributed by atoms with Gasteiger partial charge in [0, 0.05) is 12.3 Å². The van der Waals surface area contributed by atoms with Gasteiger partial charge in [-0.3, -0.25) is 10.1 Å². The van der Waals surface area contributed by atoms with E-state index in [1.165, 1.54) is 12.3 Å². The van der Waals surface area contributed by atoms with E-state index in [9.17, 15) is 23.3 Å². The third kappa shape index (κ3) is 4.06. The van der Waals surface area contributed by atoms with Crippen LogP contribution in [0, 0.1) is 10.1 Å². The second kappa shape index (κ2) is 5.65. The molecular weight excluding hydrogens is 293 g/mol. The van der Waals surface area contributed by atoms with Crippen LogP contribution in [0.3, 0.4) is 0 Å². The summed E-state index contributed by atoms with van der Waals surface area (Å²) in [6.45, 7) is 0. The molecule has 110 valence electrons. The van der Waals surface area contributed by atoms with E-state index in [0.29, 0.717) is 6.07 Å². The number of pyridine rings is 1. The predicted molar refractivity (Wildman–Crippen MR) is 64.1 cm³/mol. The van der Waals surface area contributed by atoms with Gasteiger partial charge in [0.15, 0.2) is 0 Å². The predicted octanol–water partition coefficient (Wildman–Crippen LogP) is 3.68. The molecule has 0 unspecified atom stereocenters. The molecule has 0 aliphatic rings. The lowest BCUT2D eigenvalue weighted by atomic mass is 10.3. The first-order valence-electron chi connectivity index (χ1n) is 5.48. The largest absolute Gasteiger partial charge is 0.573 e. The Hall–Kier alpha value is -2.84. The van der Waals surface area contributed by atoms with Gasteiger partial charge in [-0.25, -0.2) is 4.98 Å². The Bertz CT molecular complexity index is 647. The number of aromatic nitrogens is 1. The number of hydrogen-bond acceptors (Lipinski definition) is 5. The molecule has 0 atom stereocenters. The van der Waals surface area contributed by atoms with Gasteiger partial charge in [-0.15, -0.1) is 13.2 Å². The van der Waals surface area contributed by atoms with Gasteiger partial charge in [-0.1, -0.05) is 6.07 Å². The highest BCUT2D eigenvalue weighted by Crippen LogP contribution is 2.35. The molecular formula is C12H7F3N2O4. The molecule has 1 aromatic carbocycles. The summed E-state index contributed by atoms with van der Waals surface area (Å²) in [7, 11) is 0. The summed E-state index contributed by atoms with van der Waals surface area (Å²) < 4.78 is 45.1. The Morgan fingerprint density at radius 3 is 2.52 bits per heavy atom. The quantitative estimate of drug-likeness (QED) is 0.636. The second-order valence-corrected chi connectivity index (χ2v) is 3.70. The number of benzene rings is 1. The van der Waals surface area contributed by atoms with E-state index in [4.69, 9.17) is 4.74 Å². The fourth-order valence-corrected chi connectivity index (χ4v) is 1.44. The Morgan fingerprint density at radius 1 is 1.19 bits per heavy atom. The molecule has 2 aromatic rings. The Balaban J connectivity index is 2.31. The third-order valence-corrected chi connectivity index (χ3v) is 2.21. The van der Waals surface area contributed by atoms with Crippen molar-refractivity contribution < 1.29 is 27.6 Å². The van der Waals surface area contributed by atoms with Crippen molar-refractivity contribution in [3.05, 3.63) is 52.7 Å². The molecule has 0 bridgehead atoms. The number of ether oxygens (including phenoxy) is 2. The van der Waals surface area contributed by atoms with E-state index >= 15 is 0 Å². The zero-order chi connectivity index (χ0) is 15.5. The molecule has 0 spiro atoms. The van der Waals surface area contributed by atoms with Crippen molar-refractivity contribution in [2.45, 2.75) is 6.36 Å². The Kier molecular flexibility index (Phi) is 3.92. The minimum Gasteiger partial charge on any atom is -0.432 e. The number of nitro groups is 1. The van der Waals surface area contributed by atoms with Gasteiger partial charge in [0.05, 0.1) is 11.0 Å². The Morgan fingerprint density at radius 2 is 1.95 bits per heavy atom. The average Bonchev–Trinajstić information content (AvgIpc) is 2.40. The normalized spacial score (nSPS) is 11.0. The summed E-state index contributed by atoms with van der Waals surface area (Å²) in [6, 6.07) is 7.21. The monoisotopic (exact) mass is 300 g/mol. The first kappa shape index (κ1) is 14.6. The summed E-state index contributed by atoms with van der Waals surface area (Å²) in [5.41, 5.74) is -0.664. The maximum absolute atomic E-state index is 12.1. The van der Waals surface area contributed by atoms with Gasteiger partial charge >= 0.3 is 12.0 Å². The molecule has 2 rings (SSSR count). The van der Waals surface area contributed by atoms with Crippen molar-refractivity contribution in [3.8, 4) is 17.4 Å². The van der Waals surface area contributed by atoms with Crippen LogP contribution in [0.2, 0.25) is 0 Å². The van der Waals surface area contributed by atoms with Crippen LogP contribution in [0.1, 0.15) is 0 Å². The van der Waals surface area contributed by atoms with E-state index in [-0.39, 0.29) is 11.6 Å². The molecule has 0 aliphatic carbocycles. The number of halogens is 3. The minimum absolute atomic E-state index is 0.0742. The van der Waals surface area contributed by atoms with Crippen LogP contribution in [0.5, 0.6) is 17.4 Å². The molecule has 0 aliphatic heterocycles. The zero-order valence-corrected chi connectivity index (χ0v) is 10.2. The molecule has 0 N–H and O–H groups in total. The van der Waals surface area contributed by atoms with Crippen molar-refractivity contribution >= 4 is 5.69 Å². The number of hydrogen-bond donors (Lipinski definition) is 0. The van der Waals surface area contributed by atoms with E-state index in [0.717, 1.165) is 12.1 Å². The molecule has 0 amide bonds. The number of nitrogens with zero attached hydrogens (tertiary/aromatic N) is 2. The zero-order valence-electron chi connectivity index (χ0n) is 10.2. The van der Waals surface area contributed by atoms with Gasteiger partial charge in [0.1, 0.15) is 5.75 Å². The highest BCUT2D eigenvalue weighted by Gasteiger charge is 2.32. The number of rotatable bonds is 4. The van der Waals surface area contributed by atoms with Gasteiger partial charge in [-0.05, 0) is 18.2 Å². The van der Waals surface area contributed by atoms with Gasteiger partial charge in [-0.2, -0.15) is 0 Å². The van der Waals surface area contributed by atoms with Crippen LogP contribution < -0.4 is 9.47 Å². The molecule has 0 saturated carbocycles. The van der Waals surface area contributed by atoms with Crippen LogP contribution in [0.4, 0.5) is 18.9 Å². The molecule has 0 saturated heterocycles. The van der Waals surface area contributed by atoms with Crippen molar-refractivity contribution in [2.24, 2.45) is 0 Å². The first-order valence-corrected chi connectivity index (χ1v) is 5.48. The van der Waals surface area contributed by atoms with E-state index < -0.39 is 22.7 Å². The standard InChI is InChI=1S/C12H7F3N2O4/c13-12(14,15)21-8-4-5-10(9(7-8)17(18)19)20-11-3-1-2-6-16-11/h1-7H. The van der Waals surface area contributed by atoms with Crippen molar-refractivity contribution in [3.63, 3.8) is 0 Å². The number of nitro benzene ring substituents is 1. The third-order valence-electron chi connectivity index (χ3n) is 2.21. The summed E-state index contributed by atoms with van der Waals surface area (Å²) >= 11 is 0. The highest BCUT2D eigenvalue weighted by molar-refractivity contribution is 5.52. The van der Waals surface area contributed by atoms with Crippen molar-refractivity contribution in [1.29, 1.82) is 0 Å². The molecule has 6 nitrogen and oxygen atoms in total. The Labute approximate surface area is 115 Å². The first-order chi connectivity index (χ1) is 9.85. The van der Waals surface area contributed by atoms with Crippen LogP contribution in [0.25, 0.3) is 0 Å². The maximum atomic E-state index is 12.1. The molecule has 0 fully saturated rings. The molecule has 9 heteroatoms. The van der Waals surface area contributed by atoms with Crippen molar-refractivity contribution in [1.82, 2.24) is 4.98 Å². The molecule has 1 aromatic heterocycles. The summed E-state index contributed by atoms with van der Waals surface area (Å²) in [5, 5.41) is 10.9. The van der Waals surface area contributed by atoms with E-state index in [1.807, 2.05) is 0 Å². The van der Waals surface area contributed by atoms with Gasteiger partial charge in [0.25, 0.3) is 0 Å². The summed E-state index contributed by atoms with van der Waals surface area (Å²) in [4.78, 5) is 13.8. The van der Waals surface area contributed by atoms with Gasteiger partial charge in [0.2, 0.25) is 11.6 Å². The molecule has 21 heavy (non-hydrogen) atoms. The van der Waals surface area contributed by atoms with E-state index in [1.54, 1.807) is 12.1 Å². The lowest BCUT2D eigenvalue weighted by Crippen LogP contribution is -2.17. The van der Waals surface area contributed by atoms with E-state index in [2.05, 4.69) is 9.72 Å². The fraction of sp³-hybridized carbons (Fsp3) is 0.0833. The fourth-order valence-electron chi connectivity index (χ4n) is 1.44. The summed E-state index contributed by atoms with van der Waals surface area (Å²) in [6.07, 6.45) is -3.53. The van der Waals surface area contributed by atoms with Crippen LogP contribution in [-0.4, -0.2) is 16.3 Å². The van der Waals surface area contributed by atoms with Crippen LogP contribution in [0.15, 0.2) is 42.6 Å². The SMILES string of the molecule is O=[N+]([O-])c1cc(OC(F)(F)F)ccc1Oc1ccccn1.